The molecule has 0 radical (unpaired) electrons. The lowest BCUT2D eigenvalue weighted by molar-refractivity contribution is 0.571. The van der Waals surface area contributed by atoms with E-state index in [4.69, 9.17) is 4.42 Å². The lowest BCUT2D eigenvalue weighted by Gasteiger charge is -2.17. The van der Waals surface area contributed by atoms with Crippen LogP contribution in [0, 0.1) is 0 Å². The van der Waals surface area contributed by atoms with Crippen molar-refractivity contribution in [3.63, 3.8) is 0 Å². The predicted octanol–water partition coefficient (Wildman–Crippen LogP) is 4.30. The molecule has 2 atom stereocenters. The maximum Gasteiger partial charge on any atom is 0.226 e. The highest BCUT2D eigenvalue weighted by molar-refractivity contribution is 14.0. The lowest BCUT2D eigenvalue weighted by Crippen LogP contribution is -2.42. The number of hydrogen-bond acceptors (Lipinski definition) is 4. The summed E-state index contributed by atoms with van der Waals surface area (Å²) in [6.07, 6.45) is 5.41. The van der Waals surface area contributed by atoms with Crippen LogP contribution in [-0.4, -0.2) is 35.0 Å². The van der Waals surface area contributed by atoms with E-state index in [-0.39, 0.29) is 24.0 Å². The topological polar surface area (TPSA) is 62.5 Å². The fourth-order valence-corrected chi connectivity index (χ4v) is 4.26. The Morgan fingerprint density at radius 1 is 1.31 bits per heavy atom. The number of guanidine groups is 1. The molecule has 0 bridgehead atoms. The first-order chi connectivity index (χ1) is 12.3. The smallest absolute Gasteiger partial charge is 0.226 e. The number of aromatic nitrogens is 1. The molecule has 1 aromatic carbocycles. The zero-order valence-corrected chi connectivity index (χ0v) is 18.4. The Labute approximate surface area is 176 Å². The normalized spacial score (nSPS) is 19.8. The largest absolute Gasteiger partial charge is 0.444 e. The molecule has 0 amide bonds. The van der Waals surface area contributed by atoms with Gasteiger partial charge in [0.1, 0.15) is 6.26 Å². The van der Waals surface area contributed by atoms with Gasteiger partial charge in [0.2, 0.25) is 5.89 Å². The van der Waals surface area contributed by atoms with Gasteiger partial charge in [-0.15, -0.1) is 24.0 Å². The first-order valence-electron chi connectivity index (χ1n) is 8.87. The van der Waals surface area contributed by atoms with Crippen molar-refractivity contribution in [2.24, 2.45) is 4.99 Å². The molecule has 7 heteroatoms. The van der Waals surface area contributed by atoms with Crippen molar-refractivity contribution in [3.8, 4) is 11.5 Å². The summed E-state index contributed by atoms with van der Waals surface area (Å²) >= 11 is 2.07. The second-order valence-corrected chi connectivity index (χ2v) is 7.74. The van der Waals surface area contributed by atoms with Crippen LogP contribution in [-0.2, 0) is 6.54 Å². The van der Waals surface area contributed by atoms with Crippen LogP contribution in [0.5, 0.6) is 0 Å². The molecule has 1 saturated carbocycles. The quantitative estimate of drug-likeness (QED) is 0.362. The number of aliphatic imine (C=N–C) groups is 1. The second kappa shape index (κ2) is 10.8. The number of rotatable bonds is 6. The van der Waals surface area contributed by atoms with Crippen LogP contribution in [0.4, 0.5) is 0 Å². The lowest BCUT2D eigenvalue weighted by atomic mass is 10.2. The summed E-state index contributed by atoms with van der Waals surface area (Å²) in [4.78, 5) is 8.87. The third-order valence-electron chi connectivity index (χ3n) is 4.36. The van der Waals surface area contributed by atoms with Crippen molar-refractivity contribution in [3.05, 3.63) is 42.3 Å². The van der Waals surface area contributed by atoms with Crippen LogP contribution in [0.15, 0.2) is 46.0 Å². The molecular weight excluding hydrogens is 459 g/mol. The van der Waals surface area contributed by atoms with Crippen molar-refractivity contribution < 1.29 is 4.42 Å². The van der Waals surface area contributed by atoms with Gasteiger partial charge >= 0.3 is 0 Å². The number of oxazole rings is 1. The molecule has 0 spiro atoms. The predicted molar refractivity (Wildman–Crippen MR) is 120 cm³/mol. The van der Waals surface area contributed by atoms with Gasteiger partial charge in [0.25, 0.3) is 0 Å². The van der Waals surface area contributed by atoms with E-state index in [1.165, 1.54) is 25.0 Å². The SMILES string of the molecule is CCSC1CCC(NC(=NC)NCc2coc(-c3ccccc3)n2)C1.I. The molecule has 1 aromatic heterocycles. The van der Waals surface area contributed by atoms with E-state index in [9.17, 15) is 0 Å². The van der Waals surface area contributed by atoms with Gasteiger partial charge in [-0.05, 0) is 37.1 Å². The Balaban J connectivity index is 0.00000243. The summed E-state index contributed by atoms with van der Waals surface area (Å²) in [6, 6.07) is 10.4. The van der Waals surface area contributed by atoms with Gasteiger partial charge in [0.15, 0.2) is 5.96 Å². The maximum absolute atomic E-state index is 5.58. The number of halogens is 1. The number of thioether (sulfide) groups is 1. The average molecular weight is 486 g/mol. The number of hydrogen-bond donors (Lipinski definition) is 2. The third kappa shape index (κ3) is 5.90. The minimum absolute atomic E-state index is 0. The van der Waals surface area contributed by atoms with Crippen LogP contribution >= 0.6 is 35.7 Å². The van der Waals surface area contributed by atoms with E-state index in [1.54, 1.807) is 13.3 Å². The molecule has 0 aliphatic heterocycles. The standard InChI is InChI=1S/C19H26N4OS.HI/c1-3-25-17-10-9-15(11-17)23-19(20-2)21-12-16-13-24-18(22-16)14-7-5-4-6-8-14;/h4-8,13,15,17H,3,9-12H2,1-2H3,(H2,20,21,23);1H. The Kier molecular flexibility index (Phi) is 8.77. The molecule has 0 saturated heterocycles. The molecule has 1 aliphatic carbocycles. The van der Waals surface area contributed by atoms with Gasteiger partial charge in [-0.3, -0.25) is 4.99 Å². The van der Waals surface area contributed by atoms with E-state index in [1.807, 2.05) is 30.3 Å². The monoisotopic (exact) mass is 486 g/mol. The molecule has 2 aromatic rings. The van der Waals surface area contributed by atoms with E-state index in [0.717, 1.165) is 22.5 Å². The number of benzene rings is 1. The fourth-order valence-electron chi connectivity index (χ4n) is 3.12. The van der Waals surface area contributed by atoms with Gasteiger partial charge in [0, 0.05) is 23.9 Å². The summed E-state index contributed by atoms with van der Waals surface area (Å²) in [5.41, 5.74) is 1.86. The van der Waals surface area contributed by atoms with E-state index in [0.29, 0.717) is 18.5 Å². The minimum atomic E-state index is 0. The van der Waals surface area contributed by atoms with Crippen molar-refractivity contribution >= 4 is 41.7 Å². The molecule has 1 aliphatic rings. The summed E-state index contributed by atoms with van der Waals surface area (Å²) in [5.74, 6) is 2.67. The third-order valence-corrected chi connectivity index (χ3v) is 5.59. The Morgan fingerprint density at radius 2 is 2.12 bits per heavy atom. The highest BCUT2D eigenvalue weighted by Crippen LogP contribution is 2.29. The summed E-state index contributed by atoms with van der Waals surface area (Å²) in [7, 11) is 1.81. The molecule has 26 heavy (non-hydrogen) atoms. The highest BCUT2D eigenvalue weighted by atomic mass is 127. The van der Waals surface area contributed by atoms with Crippen molar-refractivity contribution in [1.29, 1.82) is 0 Å². The highest BCUT2D eigenvalue weighted by Gasteiger charge is 2.25. The zero-order valence-electron chi connectivity index (χ0n) is 15.3. The molecule has 1 heterocycles. The summed E-state index contributed by atoms with van der Waals surface area (Å²) in [6.45, 7) is 2.82. The van der Waals surface area contributed by atoms with E-state index in [2.05, 4.69) is 39.3 Å². The molecule has 5 nitrogen and oxygen atoms in total. The maximum atomic E-state index is 5.58. The van der Waals surface area contributed by atoms with Gasteiger partial charge in [-0.25, -0.2) is 4.98 Å². The molecular formula is C19H27IN4OS. The first-order valence-corrected chi connectivity index (χ1v) is 9.92. The molecule has 2 unspecified atom stereocenters. The van der Waals surface area contributed by atoms with E-state index >= 15 is 0 Å². The van der Waals surface area contributed by atoms with Crippen molar-refractivity contribution in [2.75, 3.05) is 12.8 Å². The molecule has 1 fully saturated rings. The Hall–Kier alpha value is -1.22. The average Bonchev–Trinajstić information content (AvgIpc) is 3.29. The van der Waals surface area contributed by atoms with Gasteiger partial charge in [0.05, 0.1) is 12.2 Å². The fraction of sp³-hybridized carbons (Fsp3) is 0.474. The van der Waals surface area contributed by atoms with Gasteiger partial charge < -0.3 is 15.1 Å². The molecule has 3 rings (SSSR count). The number of nitrogens with zero attached hydrogens (tertiary/aromatic N) is 2. The van der Waals surface area contributed by atoms with E-state index < -0.39 is 0 Å². The van der Waals surface area contributed by atoms with Crippen molar-refractivity contribution in [1.82, 2.24) is 15.6 Å². The summed E-state index contributed by atoms with van der Waals surface area (Å²) in [5, 5.41) is 7.65. The van der Waals surface area contributed by atoms with Crippen LogP contribution in [0.1, 0.15) is 31.9 Å². The number of nitrogens with one attached hydrogen (secondary N) is 2. The Bertz CT molecular complexity index is 692. The van der Waals surface area contributed by atoms with Crippen LogP contribution in [0.2, 0.25) is 0 Å². The summed E-state index contributed by atoms with van der Waals surface area (Å²) < 4.78 is 5.58. The molecule has 142 valence electrons. The van der Waals surface area contributed by atoms with Crippen LogP contribution < -0.4 is 10.6 Å². The van der Waals surface area contributed by atoms with Crippen LogP contribution in [0.3, 0.4) is 0 Å². The Morgan fingerprint density at radius 3 is 2.85 bits per heavy atom. The molecule has 2 N–H and O–H groups in total. The van der Waals surface area contributed by atoms with Crippen LogP contribution in [0.25, 0.3) is 11.5 Å². The second-order valence-electron chi connectivity index (χ2n) is 6.17. The minimum Gasteiger partial charge on any atom is -0.444 e. The van der Waals surface area contributed by atoms with Crippen molar-refractivity contribution in [2.45, 2.75) is 44.0 Å². The first kappa shape index (κ1) is 21.1. The van der Waals surface area contributed by atoms with Gasteiger partial charge in [-0.2, -0.15) is 11.8 Å². The van der Waals surface area contributed by atoms with Gasteiger partial charge in [-0.1, -0.05) is 25.1 Å². The zero-order chi connectivity index (χ0) is 17.5.